The molecule has 0 aliphatic rings. The average molecular weight is 348 g/mol. The number of carbonyl (C=O) groups is 1. The highest BCUT2D eigenvalue weighted by Crippen LogP contribution is 2.30. The zero-order chi connectivity index (χ0) is 17.6. The van der Waals surface area contributed by atoms with E-state index >= 15 is 0 Å². The maximum absolute atomic E-state index is 12.5. The predicted octanol–water partition coefficient (Wildman–Crippen LogP) is 3.77. The predicted molar refractivity (Wildman–Crippen MR) is 95.6 cm³/mol. The van der Waals surface area contributed by atoms with Crippen LogP contribution in [-0.2, 0) is 0 Å². The number of benzene rings is 1. The van der Waals surface area contributed by atoms with Crippen LogP contribution < -0.4 is 15.8 Å². The number of amides is 1. The minimum Gasteiger partial charge on any atom is -0.456 e. The Hall–Kier alpha value is -2.11. The highest BCUT2D eigenvalue weighted by atomic mass is 35.5. The number of pyridine rings is 1. The standard InChI is InChI=1S/C18H22ClN3O2/c1-3-18(4-2,12-20)22-17(23)13-5-6-16(15(19)11-13)24-14-7-9-21-10-8-14/h5-11H,3-4,12,20H2,1-2H3,(H,22,23). The van der Waals surface area contributed by atoms with Gasteiger partial charge in [-0.1, -0.05) is 25.4 Å². The monoisotopic (exact) mass is 347 g/mol. The molecule has 0 saturated carbocycles. The minimum atomic E-state index is -0.393. The minimum absolute atomic E-state index is 0.193. The van der Waals surface area contributed by atoms with Crippen molar-refractivity contribution in [2.75, 3.05) is 6.54 Å². The van der Waals surface area contributed by atoms with Gasteiger partial charge in [0.25, 0.3) is 5.91 Å². The second kappa shape index (κ2) is 8.13. The van der Waals surface area contributed by atoms with Gasteiger partial charge in [0.15, 0.2) is 0 Å². The van der Waals surface area contributed by atoms with E-state index in [1.165, 1.54) is 0 Å². The van der Waals surface area contributed by atoms with Gasteiger partial charge in [0.2, 0.25) is 0 Å². The second-order valence-electron chi connectivity index (χ2n) is 5.58. The molecule has 128 valence electrons. The van der Waals surface area contributed by atoms with E-state index < -0.39 is 5.54 Å². The zero-order valence-corrected chi connectivity index (χ0v) is 14.6. The molecule has 6 heteroatoms. The SMILES string of the molecule is CCC(CC)(CN)NC(=O)c1ccc(Oc2ccncc2)c(Cl)c1. The molecule has 1 aromatic carbocycles. The van der Waals surface area contributed by atoms with Gasteiger partial charge >= 0.3 is 0 Å². The van der Waals surface area contributed by atoms with Crippen LogP contribution >= 0.6 is 11.6 Å². The summed E-state index contributed by atoms with van der Waals surface area (Å²) in [5, 5.41) is 3.39. The second-order valence-corrected chi connectivity index (χ2v) is 5.98. The van der Waals surface area contributed by atoms with E-state index in [1.807, 2.05) is 13.8 Å². The van der Waals surface area contributed by atoms with Crippen molar-refractivity contribution in [2.24, 2.45) is 5.73 Å². The van der Waals surface area contributed by atoms with Gasteiger partial charge in [-0.25, -0.2) is 0 Å². The Labute approximate surface area is 147 Å². The molecule has 0 aliphatic heterocycles. The van der Waals surface area contributed by atoms with Crippen molar-refractivity contribution in [1.82, 2.24) is 10.3 Å². The third-order valence-corrected chi connectivity index (χ3v) is 4.49. The molecule has 0 fully saturated rings. The van der Waals surface area contributed by atoms with Gasteiger partial charge < -0.3 is 15.8 Å². The fourth-order valence-corrected chi connectivity index (χ4v) is 2.56. The number of ether oxygens (including phenoxy) is 1. The Bertz CT molecular complexity index is 680. The van der Waals surface area contributed by atoms with Crippen LogP contribution in [0.1, 0.15) is 37.0 Å². The van der Waals surface area contributed by atoms with Gasteiger partial charge in [-0.3, -0.25) is 9.78 Å². The van der Waals surface area contributed by atoms with Crippen molar-refractivity contribution in [3.63, 3.8) is 0 Å². The molecule has 5 nitrogen and oxygen atoms in total. The number of aromatic nitrogens is 1. The number of nitrogens with two attached hydrogens (primary N) is 1. The molecular weight excluding hydrogens is 326 g/mol. The topological polar surface area (TPSA) is 77.2 Å². The van der Waals surface area contributed by atoms with Crippen LogP contribution in [-0.4, -0.2) is 23.0 Å². The molecule has 0 aliphatic carbocycles. The molecule has 0 saturated heterocycles. The number of hydrogen-bond acceptors (Lipinski definition) is 4. The molecule has 0 spiro atoms. The summed E-state index contributed by atoms with van der Waals surface area (Å²) in [5.41, 5.74) is 5.91. The zero-order valence-electron chi connectivity index (χ0n) is 13.9. The molecule has 3 N–H and O–H groups in total. The Balaban J connectivity index is 2.15. The highest BCUT2D eigenvalue weighted by Gasteiger charge is 2.27. The summed E-state index contributed by atoms with van der Waals surface area (Å²) in [7, 11) is 0. The highest BCUT2D eigenvalue weighted by molar-refractivity contribution is 6.32. The molecular formula is C18H22ClN3O2. The third kappa shape index (κ3) is 4.24. The lowest BCUT2D eigenvalue weighted by atomic mass is 9.92. The van der Waals surface area contributed by atoms with Crippen molar-refractivity contribution < 1.29 is 9.53 Å². The maximum Gasteiger partial charge on any atom is 0.251 e. The summed E-state index contributed by atoms with van der Waals surface area (Å²) in [6.45, 7) is 4.41. The summed E-state index contributed by atoms with van der Waals surface area (Å²) >= 11 is 6.25. The van der Waals surface area contributed by atoms with Crippen molar-refractivity contribution in [1.29, 1.82) is 0 Å². The molecule has 2 rings (SSSR count). The van der Waals surface area contributed by atoms with Gasteiger partial charge in [0, 0.05) is 24.5 Å². The van der Waals surface area contributed by atoms with Crippen molar-refractivity contribution in [3.05, 3.63) is 53.3 Å². The third-order valence-electron chi connectivity index (χ3n) is 4.19. The van der Waals surface area contributed by atoms with Crippen molar-refractivity contribution in [2.45, 2.75) is 32.2 Å². The first kappa shape index (κ1) is 18.2. The van der Waals surface area contributed by atoms with Gasteiger partial charge in [-0.15, -0.1) is 0 Å². The summed E-state index contributed by atoms with van der Waals surface area (Å²) in [6, 6.07) is 8.42. The quantitative estimate of drug-likeness (QED) is 0.799. The fraction of sp³-hybridized carbons (Fsp3) is 0.333. The van der Waals surface area contributed by atoms with E-state index in [-0.39, 0.29) is 5.91 Å². The Kier molecular flexibility index (Phi) is 6.17. The van der Waals surface area contributed by atoms with Crippen LogP contribution in [0.5, 0.6) is 11.5 Å². The van der Waals surface area contributed by atoms with Crippen LogP contribution in [0.25, 0.3) is 0 Å². The van der Waals surface area contributed by atoms with Gasteiger partial charge in [-0.05, 0) is 43.2 Å². The molecule has 0 bridgehead atoms. The average Bonchev–Trinajstić information content (AvgIpc) is 2.62. The Morgan fingerprint density at radius 2 is 1.92 bits per heavy atom. The van der Waals surface area contributed by atoms with Crippen LogP contribution in [0.4, 0.5) is 0 Å². The van der Waals surface area contributed by atoms with E-state index in [2.05, 4.69) is 10.3 Å². The largest absolute Gasteiger partial charge is 0.456 e. The van der Waals surface area contributed by atoms with Crippen LogP contribution in [0, 0.1) is 0 Å². The van der Waals surface area contributed by atoms with Crippen LogP contribution in [0.2, 0.25) is 5.02 Å². The van der Waals surface area contributed by atoms with E-state index in [0.717, 1.165) is 12.8 Å². The lowest BCUT2D eigenvalue weighted by molar-refractivity contribution is 0.0895. The molecule has 1 amide bonds. The molecule has 2 aromatic rings. The molecule has 1 aromatic heterocycles. The summed E-state index contributed by atoms with van der Waals surface area (Å²) in [6.07, 6.45) is 4.80. The molecule has 0 atom stereocenters. The molecule has 24 heavy (non-hydrogen) atoms. The number of hydrogen-bond donors (Lipinski definition) is 2. The number of halogens is 1. The number of nitrogens with one attached hydrogen (secondary N) is 1. The molecule has 1 heterocycles. The summed E-state index contributed by atoms with van der Waals surface area (Å²) in [4.78, 5) is 16.4. The lowest BCUT2D eigenvalue weighted by Crippen LogP contribution is -2.52. The molecule has 0 unspecified atom stereocenters. The summed E-state index contributed by atoms with van der Waals surface area (Å²) < 4.78 is 5.68. The van der Waals surface area contributed by atoms with E-state index in [1.54, 1.807) is 42.7 Å². The van der Waals surface area contributed by atoms with E-state index in [4.69, 9.17) is 22.1 Å². The van der Waals surface area contributed by atoms with Gasteiger partial charge in [-0.2, -0.15) is 0 Å². The molecule has 0 radical (unpaired) electrons. The van der Waals surface area contributed by atoms with Crippen LogP contribution in [0.3, 0.4) is 0 Å². The number of rotatable bonds is 7. The van der Waals surface area contributed by atoms with Gasteiger partial charge in [0.05, 0.1) is 10.6 Å². The van der Waals surface area contributed by atoms with Crippen molar-refractivity contribution in [3.8, 4) is 11.5 Å². The smallest absolute Gasteiger partial charge is 0.251 e. The van der Waals surface area contributed by atoms with Crippen LogP contribution in [0.15, 0.2) is 42.7 Å². The summed E-state index contributed by atoms with van der Waals surface area (Å²) in [5.74, 6) is 0.917. The Morgan fingerprint density at radius 3 is 2.46 bits per heavy atom. The Morgan fingerprint density at radius 1 is 1.25 bits per heavy atom. The van der Waals surface area contributed by atoms with E-state index in [0.29, 0.717) is 28.6 Å². The number of nitrogens with zero attached hydrogens (tertiary/aromatic N) is 1. The maximum atomic E-state index is 12.5. The first-order valence-corrected chi connectivity index (χ1v) is 8.31. The van der Waals surface area contributed by atoms with Gasteiger partial charge in [0.1, 0.15) is 11.5 Å². The lowest BCUT2D eigenvalue weighted by Gasteiger charge is -2.31. The van der Waals surface area contributed by atoms with Crippen molar-refractivity contribution >= 4 is 17.5 Å². The number of carbonyl (C=O) groups excluding carboxylic acids is 1. The normalized spacial score (nSPS) is 11.2. The fourth-order valence-electron chi connectivity index (χ4n) is 2.34. The van der Waals surface area contributed by atoms with E-state index in [9.17, 15) is 4.79 Å². The first-order chi connectivity index (χ1) is 11.5. The first-order valence-electron chi connectivity index (χ1n) is 7.93.